The van der Waals surface area contributed by atoms with Crippen molar-refractivity contribution in [3.8, 4) is 0 Å². The Morgan fingerprint density at radius 3 is 2.65 bits per heavy atom. The molecule has 0 radical (unpaired) electrons. The largest absolute Gasteiger partial charge is 0.373 e. The van der Waals surface area contributed by atoms with Gasteiger partial charge >= 0.3 is 0 Å². The molecule has 1 N–H and O–H groups in total. The third-order valence-electron chi connectivity index (χ3n) is 2.56. The van der Waals surface area contributed by atoms with Crippen molar-refractivity contribution in [1.29, 1.82) is 0 Å². The summed E-state index contributed by atoms with van der Waals surface area (Å²) in [6.45, 7) is 10.3. The van der Waals surface area contributed by atoms with Crippen LogP contribution in [0, 0.1) is 0 Å². The van der Waals surface area contributed by atoms with Crippen LogP contribution < -0.4 is 5.32 Å². The molecule has 2 heteroatoms. The fourth-order valence-corrected chi connectivity index (χ4v) is 1.69. The van der Waals surface area contributed by atoms with Crippen LogP contribution in [-0.4, -0.2) is 19.2 Å². The molecule has 0 amide bonds. The predicted octanol–water partition coefficient (Wildman–Crippen LogP) is 2.93. The topological polar surface area (TPSA) is 21.3 Å². The van der Waals surface area contributed by atoms with Gasteiger partial charge in [0, 0.05) is 6.04 Å². The second-order valence-electron chi connectivity index (χ2n) is 4.43. The van der Waals surface area contributed by atoms with Crippen LogP contribution >= 0.6 is 0 Å². The molecule has 0 unspecified atom stereocenters. The maximum atomic E-state index is 5.50. The molecular formula is C15H23NO. The highest BCUT2D eigenvalue weighted by molar-refractivity contribution is 5.26. The SMILES string of the molecule is C=CCOCc1ccccc1CCNC(C)C. The molecule has 1 rings (SSSR count). The van der Waals surface area contributed by atoms with E-state index < -0.39 is 0 Å². The Morgan fingerprint density at radius 2 is 2.00 bits per heavy atom. The van der Waals surface area contributed by atoms with Crippen molar-refractivity contribution in [2.45, 2.75) is 32.9 Å². The molecule has 1 aromatic carbocycles. The smallest absolute Gasteiger partial charge is 0.0723 e. The Bertz CT molecular complexity index is 333. The van der Waals surface area contributed by atoms with Crippen molar-refractivity contribution in [1.82, 2.24) is 5.32 Å². The van der Waals surface area contributed by atoms with Crippen LogP contribution in [0.5, 0.6) is 0 Å². The first-order chi connectivity index (χ1) is 8.24. The van der Waals surface area contributed by atoms with Gasteiger partial charge < -0.3 is 10.1 Å². The Morgan fingerprint density at radius 1 is 1.29 bits per heavy atom. The van der Waals surface area contributed by atoms with E-state index in [0.29, 0.717) is 19.3 Å². The van der Waals surface area contributed by atoms with E-state index in [-0.39, 0.29) is 0 Å². The second kappa shape index (κ2) is 8.04. The van der Waals surface area contributed by atoms with Crippen LogP contribution in [0.4, 0.5) is 0 Å². The molecule has 0 aliphatic heterocycles. The number of hydrogen-bond donors (Lipinski definition) is 1. The molecule has 0 saturated carbocycles. The van der Waals surface area contributed by atoms with E-state index in [1.165, 1.54) is 11.1 Å². The summed E-state index contributed by atoms with van der Waals surface area (Å²) in [4.78, 5) is 0. The first kappa shape index (κ1) is 13.9. The van der Waals surface area contributed by atoms with Crippen LogP contribution in [0.2, 0.25) is 0 Å². The summed E-state index contributed by atoms with van der Waals surface area (Å²) >= 11 is 0. The zero-order valence-electron chi connectivity index (χ0n) is 10.9. The zero-order valence-corrected chi connectivity index (χ0v) is 10.9. The van der Waals surface area contributed by atoms with Crippen LogP contribution in [0.25, 0.3) is 0 Å². The normalized spacial score (nSPS) is 10.8. The van der Waals surface area contributed by atoms with Gasteiger partial charge in [-0.15, -0.1) is 6.58 Å². The van der Waals surface area contributed by atoms with Gasteiger partial charge in [0.1, 0.15) is 0 Å². The van der Waals surface area contributed by atoms with E-state index in [0.717, 1.165) is 13.0 Å². The third-order valence-corrected chi connectivity index (χ3v) is 2.56. The average Bonchev–Trinajstić information content (AvgIpc) is 2.31. The van der Waals surface area contributed by atoms with Crippen molar-refractivity contribution in [2.75, 3.05) is 13.2 Å². The summed E-state index contributed by atoms with van der Waals surface area (Å²) in [7, 11) is 0. The average molecular weight is 233 g/mol. The zero-order chi connectivity index (χ0) is 12.5. The minimum atomic E-state index is 0.541. The molecule has 2 nitrogen and oxygen atoms in total. The van der Waals surface area contributed by atoms with Crippen molar-refractivity contribution in [3.05, 3.63) is 48.0 Å². The Kier molecular flexibility index (Phi) is 6.60. The molecule has 0 aliphatic rings. The number of rotatable bonds is 8. The lowest BCUT2D eigenvalue weighted by molar-refractivity contribution is 0.148. The highest BCUT2D eigenvalue weighted by Crippen LogP contribution is 2.10. The lowest BCUT2D eigenvalue weighted by Crippen LogP contribution is -2.25. The van der Waals surface area contributed by atoms with Gasteiger partial charge in [0.05, 0.1) is 13.2 Å². The summed E-state index contributed by atoms with van der Waals surface area (Å²) in [5.74, 6) is 0. The molecule has 0 atom stereocenters. The van der Waals surface area contributed by atoms with Gasteiger partial charge in [0.15, 0.2) is 0 Å². The molecule has 1 aromatic rings. The molecule has 0 aromatic heterocycles. The van der Waals surface area contributed by atoms with E-state index in [2.05, 4.69) is 50.0 Å². The van der Waals surface area contributed by atoms with E-state index >= 15 is 0 Å². The lowest BCUT2D eigenvalue weighted by Gasteiger charge is -2.11. The van der Waals surface area contributed by atoms with E-state index in [1.807, 2.05) is 0 Å². The molecule has 0 bridgehead atoms. The maximum absolute atomic E-state index is 5.50. The minimum absolute atomic E-state index is 0.541. The van der Waals surface area contributed by atoms with Gasteiger partial charge in [0.25, 0.3) is 0 Å². The lowest BCUT2D eigenvalue weighted by atomic mass is 10.1. The number of ether oxygens (including phenoxy) is 1. The summed E-state index contributed by atoms with van der Waals surface area (Å²) in [5, 5.41) is 3.43. The fourth-order valence-electron chi connectivity index (χ4n) is 1.69. The summed E-state index contributed by atoms with van der Waals surface area (Å²) in [5.41, 5.74) is 2.64. The van der Waals surface area contributed by atoms with Crippen LogP contribution in [0.3, 0.4) is 0 Å². The van der Waals surface area contributed by atoms with Gasteiger partial charge in [-0.2, -0.15) is 0 Å². The molecular weight excluding hydrogens is 210 g/mol. The second-order valence-corrected chi connectivity index (χ2v) is 4.43. The van der Waals surface area contributed by atoms with E-state index in [9.17, 15) is 0 Å². The molecule has 0 saturated heterocycles. The summed E-state index contributed by atoms with van der Waals surface area (Å²) in [6, 6.07) is 9.00. The summed E-state index contributed by atoms with van der Waals surface area (Å²) < 4.78 is 5.50. The molecule has 0 heterocycles. The van der Waals surface area contributed by atoms with E-state index in [4.69, 9.17) is 4.74 Å². The van der Waals surface area contributed by atoms with Gasteiger partial charge in [-0.05, 0) is 24.1 Å². The number of hydrogen-bond acceptors (Lipinski definition) is 2. The molecule has 0 fully saturated rings. The molecule has 94 valence electrons. The quantitative estimate of drug-likeness (QED) is 0.550. The highest BCUT2D eigenvalue weighted by Gasteiger charge is 2.02. The van der Waals surface area contributed by atoms with Crippen molar-refractivity contribution < 1.29 is 4.74 Å². The van der Waals surface area contributed by atoms with Gasteiger partial charge in [-0.3, -0.25) is 0 Å². The number of benzene rings is 1. The van der Waals surface area contributed by atoms with Crippen LogP contribution in [0.15, 0.2) is 36.9 Å². The van der Waals surface area contributed by atoms with Gasteiger partial charge in [0.2, 0.25) is 0 Å². The predicted molar refractivity (Wildman–Crippen MR) is 73.1 cm³/mol. The van der Waals surface area contributed by atoms with Gasteiger partial charge in [-0.25, -0.2) is 0 Å². The van der Waals surface area contributed by atoms with Crippen molar-refractivity contribution in [3.63, 3.8) is 0 Å². The third kappa shape index (κ3) is 5.66. The Hall–Kier alpha value is -1.12. The van der Waals surface area contributed by atoms with E-state index in [1.54, 1.807) is 6.08 Å². The first-order valence-electron chi connectivity index (χ1n) is 6.23. The van der Waals surface area contributed by atoms with Crippen LogP contribution in [-0.2, 0) is 17.8 Å². The minimum Gasteiger partial charge on any atom is -0.373 e. The summed E-state index contributed by atoms with van der Waals surface area (Å²) in [6.07, 6.45) is 2.83. The first-order valence-corrected chi connectivity index (χ1v) is 6.23. The van der Waals surface area contributed by atoms with Gasteiger partial charge in [-0.1, -0.05) is 44.2 Å². The van der Waals surface area contributed by atoms with Crippen molar-refractivity contribution in [2.24, 2.45) is 0 Å². The maximum Gasteiger partial charge on any atom is 0.0723 e. The monoisotopic (exact) mass is 233 g/mol. The molecule has 0 aliphatic carbocycles. The Labute approximate surface area is 105 Å². The molecule has 17 heavy (non-hydrogen) atoms. The molecule has 0 spiro atoms. The van der Waals surface area contributed by atoms with Crippen molar-refractivity contribution >= 4 is 0 Å². The standard InChI is InChI=1S/C15H23NO/c1-4-11-17-12-15-8-6-5-7-14(15)9-10-16-13(2)3/h4-8,13,16H,1,9-12H2,2-3H3. The Balaban J connectivity index is 2.48. The van der Waals surface area contributed by atoms with Crippen LogP contribution in [0.1, 0.15) is 25.0 Å². The highest BCUT2D eigenvalue weighted by atomic mass is 16.5. The number of nitrogens with one attached hydrogen (secondary N) is 1. The fraction of sp³-hybridized carbons (Fsp3) is 0.467.